The Morgan fingerprint density at radius 2 is 2.21 bits per heavy atom. The van der Waals surface area contributed by atoms with Crippen LogP contribution < -0.4 is 10.1 Å². The van der Waals surface area contributed by atoms with Gasteiger partial charge in [0.25, 0.3) is 0 Å². The van der Waals surface area contributed by atoms with Crippen LogP contribution in [0.4, 0.5) is 0 Å². The van der Waals surface area contributed by atoms with Crippen molar-refractivity contribution in [2.24, 2.45) is 0 Å². The molecule has 0 saturated heterocycles. The first kappa shape index (κ1) is 14.9. The zero-order chi connectivity index (χ0) is 16.4. The van der Waals surface area contributed by atoms with Gasteiger partial charge in [-0.05, 0) is 24.1 Å². The van der Waals surface area contributed by atoms with Gasteiger partial charge in [0.1, 0.15) is 11.6 Å². The summed E-state index contributed by atoms with van der Waals surface area (Å²) in [6.07, 6.45) is 8.23. The monoisotopic (exact) mass is 320 g/mol. The Balaban J connectivity index is 1.69. The Morgan fingerprint density at radius 3 is 3.00 bits per heavy atom. The first-order valence-corrected chi connectivity index (χ1v) is 8.20. The van der Waals surface area contributed by atoms with Crippen LogP contribution in [0.15, 0.2) is 55.1 Å². The van der Waals surface area contributed by atoms with Crippen LogP contribution in [0.1, 0.15) is 41.0 Å². The fourth-order valence-electron chi connectivity index (χ4n) is 3.27. The third kappa shape index (κ3) is 2.78. The van der Waals surface area contributed by atoms with Crippen LogP contribution in [0, 0.1) is 6.92 Å². The van der Waals surface area contributed by atoms with Crippen LogP contribution in [-0.4, -0.2) is 21.6 Å². The fraction of sp³-hybridized carbons (Fsp3) is 0.263. The summed E-state index contributed by atoms with van der Waals surface area (Å²) in [6, 6.07) is 10.5. The minimum atomic E-state index is -0.0369. The smallest absolute Gasteiger partial charge is 0.127 e. The highest BCUT2D eigenvalue weighted by Gasteiger charge is 2.27. The van der Waals surface area contributed by atoms with E-state index in [4.69, 9.17) is 4.74 Å². The molecule has 1 aromatic carbocycles. The van der Waals surface area contributed by atoms with Gasteiger partial charge in [-0.1, -0.05) is 24.3 Å². The van der Waals surface area contributed by atoms with E-state index in [-0.39, 0.29) is 12.1 Å². The second-order valence-corrected chi connectivity index (χ2v) is 6.04. The van der Waals surface area contributed by atoms with Crippen molar-refractivity contribution in [3.63, 3.8) is 0 Å². The minimum absolute atomic E-state index is 0.0369. The standard InChI is InChI=1S/C19H20N4O/c1-13-4-2-6-15-16(7-11-24-18(13)15)23-17(19-21-9-10-22-19)14-5-3-8-20-12-14/h2-6,8-10,12,16-17,23H,7,11H2,1H3,(H,21,22)/t16-,17+/m0/s1. The van der Waals surface area contributed by atoms with Gasteiger partial charge in [0.15, 0.2) is 0 Å². The third-order valence-electron chi connectivity index (χ3n) is 4.45. The average Bonchev–Trinajstić information content (AvgIpc) is 3.15. The molecule has 3 aromatic rings. The Bertz CT molecular complexity index is 801. The molecule has 24 heavy (non-hydrogen) atoms. The summed E-state index contributed by atoms with van der Waals surface area (Å²) in [5, 5.41) is 3.74. The number of pyridine rings is 1. The summed E-state index contributed by atoms with van der Waals surface area (Å²) < 4.78 is 5.89. The van der Waals surface area contributed by atoms with Crippen LogP contribution in [0.5, 0.6) is 5.75 Å². The minimum Gasteiger partial charge on any atom is -0.493 e. The van der Waals surface area contributed by atoms with E-state index >= 15 is 0 Å². The molecule has 1 aliphatic heterocycles. The van der Waals surface area contributed by atoms with E-state index in [9.17, 15) is 0 Å². The molecule has 4 rings (SSSR count). The van der Waals surface area contributed by atoms with Crippen LogP contribution in [0.2, 0.25) is 0 Å². The number of para-hydroxylation sites is 1. The van der Waals surface area contributed by atoms with Gasteiger partial charge in [-0.25, -0.2) is 4.98 Å². The number of hydrogen-bond donors (Lipinski definition) is 2. The van der Waals surface area contributed by atoms with E-state index in [2.05, 4.69) is 51.5 Å². The molecule has 5 heteroatoms. The first-order valence-electron chi connectivity index (χ1n) is 8.20. The van der Waals surface area contributed by atoms with E-state index in [1.165, 1.54) is 11.1 Å². The normalized spacial score (nSPS) is 17.8. The van der Waals surface area contributed by atoms with E-state index in [0.29, 0.717) is 6.61 Å². The molecule has 0 fully saturated rings. The van der Waals surface area contributed by atoms with Crippen molar-refractivity contribution in [1.29, 1.82) is 0 Å². The van der Waals surface area contributed by atoms with Crippen molar-refractivity contribution in [2.75, 3.05) is 6.61 Å². The third-order valence-corrected chi connectivity index (χ3v) is 4.45. The summed E-state index contributed by atoms with van der Waals surface area (Å²) in [5.74, 6) is 1.90. The summed E-state index contributed by atoms with van der Waals surface area (Å²) in [4.78, 5) is 11.9. The maximum atomic E-state index is 5.89. The highest BCUT2D eigenvalue weighted by atomic mass is 16.5. The van der Waals surface area contributed by atoms with Crippen LogP contribution >= 0.6 is 0 Å². The van der Waals surface area contributed by atoms with Crippen molar-refractivity contribution >= 4 is 0 Å². The molecule has 0 amide bonds. The lowest BCUT2D eigenvalue weighted by Gasteiger charge is -2.31. The maximum Gasteiger partial charge on any atom is 0.127 e. The summed E-state index contributed by atoms with van der Waals surface area (Å²) in [6.45, 7) is 2.81. The Labute approximate surface area is 141 Å². The van der Waals surface area contributed by atoms with Gasteiger partial charge in [-0.3, -0.25) is 10.3 Å². The Hall–Kier alpha value is -2.66. The molecular formula is C19H20N4O. The predicted molar refractivity (Wildman–Crippen MR) is 91.8 cm³/mol. The van der Waals surface area contributed by atoms with Gasteiger partial charge in [0.2, 0.25) is 0 Å². The SMILES string of the molecule is Cc1cccc2c1OCC[C@@H]2N[C@H](c1cccnc1)c1ncc[nH]1. The van der Waals surface area contributed by atoms with Gasteiger partial charge in [0.05, 0.1) is 12.6 Å². The van der Waals surface area contributed by atoms with Gasteiger partial charge < -0.3 is 9.72 Å². The summed E-state index contributed by atoms with van der Waals surface area (Å²) >= 11 is 0. The molecule has 3 heterocycles. The molecule has 1 aliphatic rings. The largest absolute Gasteiger partial charge is 0.493 e. The van der Waals surface area contributed by atoms with Crippen LogP contribution in [0.25, 0.3) is 0 Å². The van der Waals surface area contributed by atoms with E-state index in [1.807, 2.05) is 18.5 Å². The lowest BCUT2D eigenvalue weighted by Crippen LogP contribution is -2.32. The van der Waals surface area contributed by atoms with E-state index < -0.39 is 0 Å². The number of hydrogen-bond acceptors (Lipinski definition) is 4. The van der Waals surface area contributed by atoms with E-state index in [0.717, 1.165) is 23.6 Å². The van der Waals surface area contributed by atoms with Gasteiger partial charge in [0, 0.05) is 42.8 Å². The molecule has 2 atom stereocenters. The Morgan fingerprint density at radius 1 is 1.25 bits per heavy atom. The number of aromatic amines is 1. The topological polar surface area (TPSA) is 62.8 Å². The number of nitrogens with one attached hydrogen (secondary N) is 2. The highest BCUT2D eigenvalue weighted by molar-refractivity contribution is 5.44. The van der Waals surface area contributed by atoms with Crippen molar-refractivity contribution in [1.82, 2.24) is 20.3 Å². The van der Waals surface area contributed by atoms with Crippen molar-refractivity contribution < 1.29 is 4.74 Å². The number of aryl methyl sites for hydroxylation is 1. The summed E-state index contributed by atoms with van der Waals surface area (Å²) in [5.41, 5.74) is 3.48. The van der Waals surface area contributed by atoms with Crippen LogP contribution in [0.3, 0.4) is 0 Å². The second-order valence-electron chi connectivity index (χ2n) is 6.04. The number of imidazole rings is 1. The summed E-state index contributed by atoms with van der Waals surface area (Å²) in [7, 11) is 0. The van der Waals surface area contributed by atoms with Crippen LogP contribution in [-0.2, 0) is 0 Å². The van der Waals surface area contributed by atoms with Gasteiger partial charge >= 0.3 is 0 Å². The molecule has 5 nitrogen and oxygen atoms in total. The second kappa shape index (κ2) is 6.45. The molecular weight excluding hydrogens is 300 g/mol. The molecule has 0 unspecified atom stereocenters. The molecule has 0 spiro atoms. The molecule has 0 aliphatic carbocycles. The predicted octanol–water partition coefficient (Wildman–Crippen LogP) is 3.32. The number of H-pyrrole nitrogens is 1. The number of ether oxygens (including phenoxy) is 1. The first-order chi connectivity index (χ1) is 11.8. The zero-order valence-electron chi connectivity index (χ0n) is 13.6. The highest BCUT2D eigenvalue weighted by Crippen LogP contribution is 2.36. The molecule has 0 bridgehead atoms. The van der Waals surface area contributed by atoms with Crippen molar-refractivity contribution in [3.05, 3.63) is 77.6 Å². The molecule has 0 radical (unpaired) electrons. The van der Waals surface area contributed by atoms with Crippen molar-refractivity contribution in [3.8, 4) is 5.75 Å². The van der Waals surface area contributed by atoms with Crippen molar-refractivity contribution in [2.45, 2.75) is 25.4 Å². The van der Waals surface area contributed by atoms with Gasteiger partial charge in [-0.2, -0.15) is 0 Å². The Kier molecular flexibility index (Phi) is 4.01. The zero-order valence-corrected chi connectivity index (χ0v) is 13.6. The molecule has 122 valence electrons. The lowest BCUT2D eigenvalue weighted by molar-refractivity contribution is 0.245. The van der Waals surface area contributed by atoms with E-state index in [1.54, 1.807) is 12.4 Å². The molecule has 0 saturated carbocycles. The number of benzene rings is 1. The number of nitrogens with zero attached hydrogens (tertiary/aromatic N) is 2. The molecule has 2 N–H and O–H groups in total. The average molecular weight is 320 g/mol. The molecule has 2 aromatic heterocycles. The lowest BCUT2D eigenvalue weighted by atomic mass is 9.96. The maximum absolute atomic E-state index is 5.89. The number of rotatable bonds is 4. The number of aromatic nitrogens is 3. The quantitative estimate of drug-likeness (QED) is 0.774. The van der Waals surface area contributed by atoms with Gasteiger partial charge in [-0.15, -0.1) is 0 Å². The fourth-order valence-corrected chi connectivity index (χ4v) is 3.27. The number of fused-ring (bicyclic) bond motifs is 1.